The first-order valence-corrected chi connectivity index (χ1v) is 14.1. The molecule has 5 aromatic carbocycles. The standard InChI is InChI=1S/C36H31N5/c1-26-22-25-34-32(27(26)2)24-23-28-14-12-13-21-33(28)40(34)35-37-39-41(38-35)36(29-15-6-3-7-16-29,30-17-8-4-9-18-30)31-19-10-5-11-20-31/h3-22,25H,23-24H2,1-2H3. The van der Waals surface area contributed by atoms with Crippen LogP contribution in [0.5, 0.6) is 0 Å². The van der Waals surface area contributed by atoms with Crippen molar-refractivity contribution in [3.63, 3.8) is 0 Å². The summed E-state index contributed by atoms with van der Waals surface area (Å²) in [5.41, 5.74) is 9.78. The third kappa shape index (κ3) is 4.04. The summed E-state index contributed by atoms with van der Waals surface area (Å²) in [6, 6.07) is 44.4. The zero-order valence-corrected chi connectivity index (χ0v) is 23.3. The summed E-state index contributed by atoms with van der Waals surface area (Å²) in [4.78, 5) is 4.00. The van der Waals surface area contributed by atoms with Crippen molar-refractivity contribution in [1.82, 2.24) is 20.2 Å². The molecular formula is C36H31N5. The highest BCUT2D eigenvalue weighted by Gasteiger charge is 2.42. The molecule has 0 atom stereocenters. The van der Waals surface area contributed by atoms with Crippen molar-refractivity contribution in [2.24, 2.45) is 0 Å². The maximum Gasteiger partial charge on any atom is 0.275 e. The number of tetrazole rings is 1. The fourth-order valence-electron chi connectivity index (χ4n) is 6.25. The van der Waals surface area contributed by atoms with Crippen LogP contribution in [0.3, 0.4) is 0 Å². The summed E-state index contributed by atoms with van der Waals surface area (Å²) in [5, 5.41) is 14.9. The van der Waals surface area contributed by atoms with E-state index in [1.165, 1.54) is 22.3 Å². The summed E-state index contributed by atoms with van der Waals surface area (Å²) in [6.07, 6.45) is 1.92. The van der Waals surface area contributed by atoms with Crippen LogP contribution in [0.1, 0.15) is 38.9 Å². The van der Waals surface area contributed by atoms with Gasteiger partial charge in [-0.3, -0.25) is 4.90 Å². The molecule has 7 rings (SSSR count). The van der Waals surface area contributed by atoms with E-state index in [0.29, 0.717) is 5.95 Å². The number of para-hydroxylation sites is 1. The molecule has 0 radical (unpaired) electrons. The van der Waals surface area contributed by atoms with Crippen LogP contribution >= 0.6 is 0 Å². The molecule has 1 aromatic heterocycles. The second-order valence-corrected chi connectivity index (χ2v) is 10.7. The minimum atomic E-state index is -0.827. The third-order valence-corrected chi connectivity index (χ3v) is 8.44. The lowest BCUT2D eigenvalue weighted by Crippen LogP contribution is -2.39. The lowest BCUT2D eigenvalue weighted by atomic mass is 9.77. The van der Waals surface area contributed by atoms with E-state index in [1.807, 2.05) is 18.2 Å². The molecule has 0 N–H and O–H groups in total. The Morgan fingerprint density at radius 3 is 1.76 bits per heavy atom. The molecule has 6 aromatic rings. The lowest BCUT2D eigenvalue weighted by Gasteiger charge is -2.34. The summed E-state index contributed by atoms with van der Waals surface area (Å²) in [7, 11) is 0. The first kappa shape index (κ1) is 25.0. The monoisotopic (exact) mass is 533 g/mol. The molecule has 200 valence electrons. The van der Waals surface area contributed by atoms with Gasteiger partial charge in [0.15, 0.2) is 5.54 Å². The van der Waals surface area contributed by atoms with Gasteiger partial charge in [0, 0.05) is 0 Å². The Bertz CT molecular complexity index is 1710. The highest BCUT2D eigenvalue weighted by atomic mass is 15.6. The molecule has 0 saturated heterocycles. The smallest absolute Gasteiger partial charge is 0.275 e. The molecule has 2 heterocycles. The molecule has 0 aliphatic carbocycles. The van der Waals surface area contributed by atoms with E-state index < -0.39 is 5.54 Å². The largest absolute Gasteiger partial charge is 0.276 e. The second-order valence-electron chi connectivity index (χ2n) is 10.7. The maximum absolute atomic E-state index is 5.25. The number of rotatable bonds is 5. The van der Waals surface area contributed by atoms with Gasteiger partial charge in [0.05, 0.1) is 11.4 Å². The van der Waals surface area contributed by atoms with Gasteiger partial charge in [0.25, 0.3) is 5.95 Å². The summed E-state index contributed by atoms with van der Waals surface area (Å²) in [5.74, 6) is 0.552. The van der Waals surface area contributed by atoms with E-state index in [-0.39, 0.29) is 0 Å². The molecule has 1 aliphatic heterocycles. The number of hydrogen-bond donors (Lipinski definition) is 0. The average Bonchev–Trinajstić information content (AvgIpc) is 3.44. The lowest BCUT2D eigenvalue weighted by molar-refractivity contribution is 0.395. The summed E-state index contributed by atoms with van der Waals surface area (Å²) < 4.78 is 0. The fourth-order valence-corrected chi connectivity index (χ4v) is 6.25. The highest BCUT2D eigenvalue weighted by Crippen LogP contribution is 2.44. The molecule has 41 heavy (non-hydrogen) atoms. The Balaban J connectivity index is 1.50. The van der Waals surface area contributed by atoms with E-state index in [1.54, 1.807) is 4.80 Å². The van der Waals surface area contributed by atoms with E-state index in [4.69, 9.17) is 15.4 Å². The zero-order chi connectivity index (χ0) is 27.8. The molecule has 0 fully saturated rings. The number of fused-ring (bicyclic) bond motifs is 2. The van der Waals surface area contributed by atoms with Crippen molar-refractivity contribution < 1.29 is 0 Å². The predicted octanol–water partition coefficient (Wildman–Crippen LogP) is 7.70. The van der Waals surface area contributed by atoms with Gasteiger partial charge in [-0.1, -0.05) is 120 Å². The minimum absolute atomic E-state index is 0.552. The molecule has 5 nitrogen and oxygen atoms in total. The second kappa shape index (κ2) is 10.2. The van der Waals surface area contributed by atoms with E-state index >= 15 is 0 Å². The van der Waals surface area contributed by atoms with Crippen LogP contribution in [0.2, 0.25) is 0 Å². The first-order chi connectivity index (χ1) is 20.2. The Kier molecular flexibility index (Phi) is 6.20. The molecule has 0 spiro atoms. The number of hydrogen-bond acceptors (Lipinski definition) is 4. The Morgan fingerprint density at radius 1 is 0.585 bits per heavy atom. The minimum Gasteiger partial charge on any atom is -0.276 e. The average molecular weight is 534 g/mol. The third-order valence-electron chi connectivity index (χ3n) is 8.44. The number of aryl methyl sites for hydroxylation is 2. The van der Waals surface area contributed by atoms with Crippen molar-refractivity contribution in [2.45, 2.75) is 32.2 Å². The van der Waals surface area contributed by atoms with Crippen LogP contribution in [0, 0.1) is 13.8 Å². The number of aromatic nitrogens is 4. The van der Waals surface area contributed by atoms with Crippen LogP contribution in [0.15, 0.2) is 127 Å². The van der Waals surface area contributed by atoms with Crippen molar-refractivity contribution in [1.29, 1.82) is 0 Å². The summed E-state index contributed by atoms with van der Waals surface area (Å²) >= 11 is 0. The Hall–Kier alpha value is -5.03. The number of benzene rings is 5. The van der Waals surface area contributed by atoms with Crippen molar-refractivity contribution in [3.8, 4) is 0 Å². The fraction of sp³-hybridized carbons (Fsp3) is 0.139. The first-order valence-electron chi connectivity index (χ1n) is 14.1. The molecule has 0 unspecified atom stereocenters. The molecular weight excluding hydrogens is 502 g/mol. The Labute approximate surface area is 240 Å². The van der Waals surface area contributed by atoms with Gasteiger partial charge >= 0.3 is 0 Å². The normalized spacial score (nSPS) is 12.9. The molecule has 0 saturated carbocycles. The molecule has 0 bridgehead atoms. The molecule has 0 amide bonds. The van der Waals surface area contributed by atoms with Crippen LogP contribution in [-0.4, -0.2) is 20.2 Å². The van der Waals surface area contributed by atoms with E-state index in [2.05, 4.69) is 128 Å². The molecule has 5 heteroatoms. The van der Waals surface area contributed by atoms with Crippen molar-refractivity contribution in [3.05, 3.63) is 166 Å². The van der Waals surface area contributed by atoms with Crippen molar-refractivity contribution in [2.75, 3.05) is 4.90 Å². The van der Waals surface area contributed by atoms with Crippen LogP contribution in [-0.2, 0) is 18.4 Å². The van der Waals surface area contributed by atoms with Crippen LogP contribution < -0.4 is 4.90 Å². The summed E-state index contributed by atoms with van der Waals surface area (Å²) in [6.45, 7) is 4.40. The van der Waals surface area contributed by atoms with Gasteiger partial charge in [0.1, 0.15) is 0 Å². The quantitative estimate of drug-likeness (QED) is 0.213. The van der Waals surface area contributed by atoms with Crippen LogP contribution in [0.4, 0.5) is 17.3 Å². The topological polar surface area (TPSA) is 46.8 Å². The maximum atomic E-state index is 5.25. The number of anilines is 3. The van der Waals surface area contributed by atoms with E-state index in [0.717, 1.165) is 40.9 Å². The molecule has 1 aliphatic rings. The predicted molar refractivity (Wildman–Crippen MR) is 164 cm³/mol. The SMILES string of the molecule is Cc1ccc2c(c1C)CCc1ccccc1N2c1nnn(C(c2ccccc2)(c2ccccc2)c2ccccc2)n1. The van der Waals surface area contributed by atoms with Gasteiger partial charge in [-0.15, -0.1) is 9.90 Å². The number of nitrogens with zero attached hydrogens (tertiary/aromatic N) is 5. The van der Waals surface area contributed by atoms with Crippen molar-refractivity contribution >= 4 is 17.3 Å². The van der Waals surface area contributed by atoms with E-state index in [9.17, 15) is 0 Å². The van der Waals surface area contributed by atoms with Gasteiger partial charge in [-0.2, -0.15) is 0 Å². The Morgan fingerprint density at radius 2 is 1.15 bits per heavy atom. The zero-order valence-electron chi connectivity index (χ0n) is 23.3. The van der Waals surface area contributed by atoms with Gasteiger partial charge in [0.2, 0.25) is 0 Å². The highest BCUT2D eigenvalue weighted by molar-refractivity contribution is 5.79. The van der Waals surface area contributed by atoms with Gasteiger partial charge < -0.3 is 0 Å². The van der Waals surface area contributed by atoms with Gasteiger partial charge in [-0.25, -0.2) is 0 Å². The van der Waals surface area contributed by atoms with Gasteiger partial charge in [-0.05, 0) is 83.0 Å². The van der Waals surface area contributed by atoms with Crippen LogP contribution in [0.25, 0.3) is 0 Å².